The fourth-order valence-electron chi connectivity index (χ4n) is 3.30. The number of halogens is 2. The molecule has 142 valence electrons. The van der Waals surface area contributed by atoms with Crippen LogP contribution in [-0.2, 0) is 6.42 Å². The minimum Gasteiger partial charge on any atom is -0.459 e. The van der Waals surface area contributed by atoms with Crippen LogP contribution in [0, 0.1) is 5.82 Å². The van der Waals surface area contributed by atoms with Gasteiger partial charge in [-0.15, -0.1) is 0 Å². The highest BCUT2D eigenvalue weighted by Crippen LogP contribution is 2.32. The first-order valence-corrected chi connectivity index (χ1v) is 9.16. The Labute approximate surface area is 165 Å². The Hall–Kier alpha value is -3.12. The van der Waals surface area contributed by atoms with E-state index in [0.29, 0.717) is 17.9 Å². The third kappa shape index (κ3) is 3.39. The van der Waals surface area contributed by atoms with Crippen molar-refractivity contribution in [1.82, 2.24) is 0 Å². The van der Waals surface area contributed by atoms with E-state index in [4.69, 9.17) is 16.0 Å². The molecule has 7 heteroatoms. The summed E-state index contributed by atoms with van der Waals surface area (Å²) in [5, 5.41) is 2.69. The fraction of sp³-hybridized carbons (Fsp3) is 0.143. The van der Waals surface area contributed by atoms with Gasteiger partial charge in [0.2, 0.25) is 0 Å². The standard InChI is InChI=1S/C21H16ClFN2O3/c22-15-5-1-6-16(23)19(15)20(26)24-14-9-8-13-4-2-10-25(17(13)12-14)21(27)18-7-3-11-28-18/h1,3,5-9,11-12H,2,4,10H2,(H,24,26). The van der Waals surface area contributed by atoms with Crippen LogP contribution in [0.3, 0.4) is 0 Å². The predicted octanol–water partition coefficient (Wildman–Crippen LogP) is 4.92. The molecule has 0 saturated carbocycles. The van der Waals surface area contributed by atoms with Crippen LogP contribution in [0.1, 0.15) is 32.9 Å². The van der Waals surface area contributed by atoms with E-state index in [2.05, 4.69) is 5.32 Å². The second-order valence-electron chi connectivity index (χ2n) is 6.43. The first-order chi connectivity index (χ1) is 13.5. The average Bonchev–Trinajstić information content (AvgIpc) is 3.21. The molecule has 1 N–H and O–H groups in total. The summed E-state index contributed by atoms with van der Waals surface area (Å²) in [6.45, 7) is 0.545. The van der Waals surface area contributed by atoms with E-state index in [9.17, 15) is 14.0 Å². The largest absolute Gasteiger partial charge is 0.459 e. The summed E-state index contributed by atoms with van der Waals surface area (Å²) in [5.74, 6) is -1.34. The molecule has 0 aliphatic carbocycles. The first kappa shape index (κ1) is 18.3. The van der Waals surface area contributed by atoms with Crippen LogP contribution in [0.2, 0.25) is 5.02 Å². The number of benzene rings is 2. The van der Waals surface area contributed by atoms with Crippen LogP contribution in [0.5, 0.6) is 0 Å². The third-order valence-corrected chi connectivity index (χ3v) is 4.94. The Morgan fingerprint density at radius 1 is 1.14 bits per heavy atom. The summed E-state index contributed by atoms with van der Waals surface area (Å²) in [5.41, 5.74) is 1.92. The van der Waals surface area contributed by atoms with Gasteiger partial charge in [-0.25, -0.2) is 4.39 Å². The number of nitrogens with zero attached hydrogens (tertiary/aromatic N) is 1. The first-order valence-electron chi connectivity index (χ1n) is 8.78. The normalized spacial score (nSPS) is 13.1. The van der Waals surface area contributed by atoms with E-state index < -0.39 is 11.7 Å². The van der Waals surface area contributed by atoms with Crippen molar-refractivity contribution >= 4 is 34.8 Å². The quantitative estimate of drug-likeness (QED) is 0.681. The zero-order chi connectivity index (χ0) is 19.7. The summed E-state index contributed by atoms with van der Waals surface area (Å²) >= 11 is 5.96. The number of nitrogens with one attached hydrogen (secondary N) is 1. The molecule has 0 unspecified atom stereocenters. The number of carbonyl (C=O) groups excluding carboxylic acids is 2. The van der Waals surface area contributed by atoms with Gasteiger partial charge in [-0.1, -0.05) is 23.7 Å². The molecule has 0 bridgehead atoms. The van der Waals surface area contributed by atoms with Gasteiger partial charge in [-0.3, -0.25) is 9.59 Å². The Kier molecular flexibility index (Phi) is 4.88. The molecule has 1 aromatic heterocycles. The topological polar surface area (TPSA) is 62.6 Å². The van der Waals surface area contributed by atoms with Gasteiger partial charge in [0.15, 0.2) is 5.76 Å². The Morgan fingerprint density at radius 3 is 2.75 bits per heavy atom. The van der Waals surface area contributed by atoms with Gasteiger partial charge in [0, 0.05) is 17.9 Å². The van der Waals surface area contributed by atoms with Crippen molar-refractivity contribution in [3.63, 3.8) is 0 Å². The van der Waals surface area contributed by atoms with Crippen LogP contribution in [0.25, 0.3) is 0 Å². The summed E-state index contributed by atoms with van der Waals surface area (Å²) in [4.78, 5) is 26.9. The molecule has 0 atom stereocenters. The molecule has 0 fully saturated rings. The number of furan rings is 1. The van der Waals surface area contributed by atoms with Crippen LogP contribution in [-0.4, -0.2) is 18.4 Å². The number of rotatable bonds is 3. The van der Waals surface area contributed by atoms with Crippen LogP contribution >= 0.6 is 11.6 Å². The van der Waals surface area contributed by atoms with E-state index in [1.807, 2.05) is 6.07 Å². The van der Waals surface area contributed by atoms with Crippen molar-refractivity contribution in [2.45, 2.75) is 12.8 Å². The van der Waals surface area contributed by atoms with Crippen molar-refractivity contribution in [3.8, 4) is 0 Å². The molecule has 1 aliphatic rings. The van der Waals surface area contributed by atoms with E-state index >= 15 is 0 Å². The van der Waals surface area contributed by atoms with Crippen molar-refractivity contribution in [1.29, 1.82) is 0 Å². The number of carbonyl (C=O) groups is 2. The number of hydrogen-bond acceptors (Lipinski definition) is 3. The summed E-state index contributed by atoms with van der Waals surface area (Å²) in [7, 11) is 0. The average molecular weight is 399 g/mol. The van der Waals surface area contributed by atoms with E-state index in [-0.39, 0.29) is 22.3 Å². The molecule has 0 radical (unpaired) electrons. The number of aryl methyl sites for hydroxylation is 1. The van der Waals surface area contributed by atoms with E-state index in [0.717, 1.165) is 18.4 Å². The lowest BCUT2D eigenvalue weighted by Gasteiger charge is -2.29. The Bertz CT molecular complexity index is 1030. The highest BCUT2D eigenvalue weighted by atomic mass is 35.5. The molecule has 0 saturated heterocycles. The molecule has 4 rings (SSSR count). The van der Waals surface area contributed by atoms with Gasteiger partial charge in [0.25, 0.3) is 11.8 Å². The molecule has 1 aliphatic heterocycles. The lowest BCUT2D eigenvalue weighted by molar-refractivity contribution is 0.0957. The van der Waals surface area contributed by atoms with Crippen LogP contribution in [0.15, 0.2) is 59.2 Å². The van der Waals surface area contributed by atoms with Gasteiger partial charge < -0.3 is 14.6 Å². The van der Waals surface area contributed by atoms with E-state index in [1.165, 1.54) is 24.5 Å². The molecule has 28 heavy (non-hydrogen) atoms. The SMILES string of the molecule is O=C(Nc1ccc2c(c1)N(C(=O)c1ccco1)CCC2)c1c(F)cccc1Cl. The zero-order valence-electron chi connectivity index (χ0n) is 14.7. The number of amides is 2. The smallest absolute Gasteiger partial charge is 0.293 e. The van der Waals surface area contributed by atoms with Crippen molar-refractivity contribution < 1.29 is 18.4 Å². The maximum atomic E-state index is 14.0. The van der Waals surface area contributed by atoms with Gasteiger partial charge in [0.1, 0.15) is 5.82 Å². The van der Waals surface area contributed by atoms with Crippen molar-refractivity contribution in [3.05, 3.63) is 82.5 Å². The molecular weight excluding hydrogens is 383 g/mol. The molecular formula is C21H16ClFN2O3. The minimum absolute atomic E-state index is 0.0325. The van der Waals surface area contributed by atoms with Gasteiger partial charge in [0.05, 0.1) is 16.8 Å². The van der Waals surface area contributed by atoms with Gasteiger partial charge in [-0.05, 0) is 54.8 Å². The second kappa shape index (κ2) is 7.48. The minimum atomic E-state index is -0.697. The molecule has 2 heterocycles. The lowest BCUT2D eigenvalue weighted by atomic mass is 10.0. The van der Waals surface area contributed by atoms with Crippen LogP contribution in [0.4, 0.5) is 15.8 Å². The van der Waals surface area contributed by atoms with Gasteiger partial charge in [-0.2, -0.15) is 0 Å². The fourth-order valence-corrected chi connectivity index (χ4v) is 3.55. The Balaban J connectivity index is 1.63. The molecule has 2 aromatic carbocycles. The summed E-state index contributed by atoms with van der Waals surface area (Å²) < 4.78 is 19.2. The highest BCUT2D eigenvalue weighted by Gasteiger charge is 2.26. The van der Waals surface area contributed by atoms with Crippen LogP contribution < -0.4 is 10.2 Å². The Morgan fingerprint density at radius 2 is 2.00 bits per heavy atom. The lowest BCUT2D eigenvalue weighted by Crippen LogP contribution is -2.35. The molecule has 2 amide bonds. The zero-order valence-corrected chi connectivity index (χ0v) is 15.5. The van der Waals surface area contributed by atoms with E-state index in [1.54, 1.807) is 29.2 Å². The molecule has 0 spiro atoms. The summed E-state index contributed by atoms with van der Waals surface area (Å²) in [6.07, 6.45) is 3.10. The number of hydrogen-bond donors (Lipinski definition) is 1. The molecule has 3 aromatic rings. The maximum Gasteiger partial charge on any atom is 0.293 e. The third-order valence-electron chi connectivity index (χ3n) is 4.63. The second-order valence-corrected chi connectivity index (χ2v) is 6.84. The summed E-state index contributed by atoms with van der Waals surface area (Å²) in [6, 6.07) is 12.6. The highest BCUT2D eigenvalue weighted by molar-refractivity contribution is 6.34. The predicted molar refractivity (Wildman–Crippen MR) is 105 cm³/mol. The number of anilines is 2. The number of fused-ring (bicyclic) bond motifs is 1. The maximum absolute atomic E-state index is 14.0. The monoisotopic (exact) mass is 398 g/mol. The van der Waals surface area contributed by atoms with Gasteiger partial charge >= 0.3 is 0 Å². The van der Waals surface area contributed by atoms with Crippen molar-refractivity contribution in [2.75, 3.05) is 16.8 Å². The van der Waals surface area contributed by atoms with Crippen molar-refractivity contribution in [2.24, 2.45) is 0 Å². The molecule has 5 nitrogen and oxygen atoms in total.